The third-order valence-electron chi connectivity index (χ3n) is 7.08. The summed E-state index contributed by atoms with van der Waals surface area (Å²) < 4.78 is 1.74. The molecule has 1 saturated carbocycles. The van der Waals surface area contributed by atoms with Crippen LogP contribution in [0.15, 0.2) is 36.4 Å². The number of nitrogens with zero attached hydrogens (tertiary/aromatic N) is 4. The lowest BCUT2D eigenvalue weighted by Crippen LogP contribution is -2.42. The number of aliphatic hydroxyl groups is 1. The molecule has 0 bridgehead atoms. The van der Waals surface area contributed by atoms with Crippen molar-refractivity contribution in [3.63, 3.8) is 0 Å². The fourth-order valence-electron chi connectivity index (χ4n) is 5.68. The number of aryl methyl sites for hydroxylation is 3. The quantitative estimate of drug-likeness (QED) is 0.711. The second kappa shape index (κ2) is 6.91. The minimum absolute atomic E-state index is 0.0198. The van der Waals surface area contributed by atoms with Gasteiger partial charge in [-0.15, -0.1) is 0 Å². The highest BCUT2D eigenvalue weighted by atomic mass is 16.3. The summed E-state index contributed by atoms with van der Waals surface area (Å²) in [6, 6.07) is 11.9. The summed E-state index contributed by atoms with van der Waals surface area (Å²) in [5, 5.41) is 17.0. The topological polar surface area (TPSA) is 71.2 Å². The number of benzene rings is 1. The van der Waals surface area contributed by atoms with Crippen LogP contribution < -0.4 is 0 Å². The van der Waals surface area contributed by atoms with Gasteiger partial charge < -0.3 is 10.0 Å². The minimum atomic E-state index is -0.868. The normalized spacial score (nSPS) is 26.2. The lowest BCUT2D eigenvalue weighted by atomic mass is 9.67. The van der Waals surface area contributed by atoms with E-state index >= 15 is 0 Å². The van der Waals surface area contributed by atoms with Crippen molar-refractivity contribution in [2.75, 3.05) is 13.1 Å². The molecule has 1 aromatic carbocycles. The van der Waals surface area contributed by atoms with Gasteiger partial charge in [-0.1, -0.05) is 30.3 Å². The molecule has 3 atom stereocenters. The lowest BCUT2D eigenvalue weighted by Gasteiger charge is -2.41. The first kappa shape index (κ1) is 19.2. The summed E-state index contributed by atoms with van der Waals surface area (Å²) >= 11 is 0. The van der Waals surface area contributed by atoms with Crippen molar-refractivity contribution in [3.8, 4) is 0 Å². The fourth-order valence-corrected chi connectivity index (χ4v) is 5.68. The van der Waals surface area contributed by atoms with Crippen molar-refractivity contribution in [2.24, 2.45) is 18.9 Å². The van der Waals surface area contributed by atoms with Crippen LogP contribution in [-0.2, 0) is 12.6 Å². The van der Waals surface area contributed by atoms with E-state index in [1.54, 1.807) is 4.68 Å². The molecule has 0 radical (unpaired) electrons. The average Bonchev–Trinajstić information content (AvgIpc) is 3.30. The van der Waals surface area contributed by atoms with Crippen LogP contribution in [0.4, 0.5) is 0 Å². The number of amides is 1. The number of carbonyl (C=O) groups is 1. The molecule has 156 valence electrons. The van der Waals surface area contributed by atoms with E-state index in [4.69, 9.17) is 0 Å². The predicted molar refractivity (Wildman–Crippen MR) is 115 cm³/mol. The highest BCUT2D eigenvalue weighted by molar-refractivity contribution is 6.06. The molecule has 2 fully saturated rings. The molecular weight excluding hydrogens is 376 g/mol. The number of hydrogen-bond acceptors (Lipinski definition) is 4. The number of rotatable bonds is 2. The number of aromatic nitrogens is 3. The van der Waals surface area contributed by atoms with E-state index in [9.17, 15) is 9.90 Å². The molecule has 6 heteroatoms. The van der Waals surface area contributed by atoms with Gasteiger partial charge in [-0.05, 0) is 50.7 Å². The first-order valence-electron chi connectivity index (χ1n) is 10.8. The largest absolute Gasteiger partial charge is 0.385 e. The van der Waals surface area contributed by atoms with E-state index in [2.05, 4.69) is 10.1 Å². The van der Waals surface area contributed by atoms with Crippen LogP contribution in [0.5, 0.6) is 0 Å². The molecular formula is C24H28N4O2. The number of pyridine rings is 1. The van der Waals surface area contributed by atoms with Crippen LogP contribution in [0.2, 0.25) is 0 Å². The number of fused-ring (bicyclic) bond motifs is 2. The Balaban J connectivity index is 1.50. The van der Waals surface area contributed by atoms with Crippen LogP contribution in [0.3, 0.4) is 0 Å². The van der Waals surface area contributed by atoms with Crippen molar-refractivity contribution in [1.29, 1.82) is 0 Å². The lowest BCUT2D eigenvalue weighted by molar-refractivity contribution is -0.0644. The Morgan fingerprint density at radius 1 is 1.20 bits per heavy atom. The van der Waals surface area contributed by atoms with Gasteiger partial charge in [0.2, 0.25) is 0 Å². The van der Waals surface area contributed by atoms with Gasteiger partial charge in [-0.3, -0.25) is 9.48 Å². The summed E-state index contributed by atoms with van der Waals surface area (Å²) in [5.74, 6) is 0.402. The van der Waals surface area contributed by atoms with E-state index in [0.29, 0.717) is 24.6 Å². The Hall–Kier alpha value is -2.73. The van der Waals surface area contributed by atoms with Crippen LogP contribution in [0, 0.1) is 25.7 Å². The highest BCUT2D eigenvalue weighted by Gasteiger charge is 2.50. The molecule has 3 aromatic rings. The zero-order chi connectivity index (χ0) is 21.0. The molecule has 1 N–H and O–H groups in total. The second-order valence-corrected chi connectivity index (χ2v) is 8.98. The minimum Gasteiger partial charge on any atom is -0.385 e. The molecule has 1 aliphatic heterocycles. The Bertz CT molecular complexity index is 1120. The third kappa shape index (κ3) is 2.85. The van der Waals surface area contributed by atoms with E-state index in [1.807, 2.05) is 62.2 Å². The van der Waals surface area contributed by atoms with Gasteiger partial charge >= 0.3 is 0 Å². The van der Waals surface area contributed by atoms with Crippen LogP contribution in [0.1, 0.15) is 46.6 Å². The average molecular weight is 405 g/mol. The molecule has 0 spiro atoms. The van der Waals surface area contributed by atoms with E-state index in [0.717, 1.165) is 47.2 Å². The third-order valence-corrected chi connectivity index (χ3v) is 7.08. The van der Waals surface area contributed by atoms with Crippen LogP contribution >= 0.6 is 0 Å². The number of carbonyl (C=O) groups excluding carboxylic acids is 1. The van der Waals surface area contributed by atoms with E-state index < -0.39 is 5.60 Å². The molecule has 6 nitrogen and oxygen atoms in total. The van der Waals surface area contributed by atoms with Gasteiger partial charge in [-0.25, -0.2) is 4.98 Å². The number of likely N-dealkylation sites (tertiary alicyclic amines) is 1. The Morgan fingerprint density at radius 3 is 2.73 bits per heavy atom. The Kier molecular flexibility index (Phi) is 4.43. The van der Waals surface area contributed by atoms with Gasteiger partial charge in [0.15, 0.2) is 5.65 Å². The van der Waals surface area contributed by atoms with Crippen LogP contribution in [-0.4, -0.2) is 43.8 Å². The first-order chi connectivity index (χ1) is 14.4. The molecule has 3 heterocycles. The van der Waals surface area contributed by atoms with E-state index in [-0.39, 0.29) is 11.8 Å². The maximum Gasteiger partial charge on any atom is 0.254 e. The standard InChI is InChI=1S/C24H28N4O2/c1-15-12-19(21-16(2)26-27(3)22(21)25-15)23(29)28-13-17-8-7-11-24(30,20(17)14-28)18-9-5-4-6-10-18/h4-6,9-10,12,17,20,30H,7-8,11,13-14H2,1-3H3/t17-,20+,24+/m0/s1. The molecule has 2 aliphatic rings. The monoisotopic (exact) mass is 404 g/mol. The van der Waals surface area contributed by atoms with Crippen molar-refractivity contribution >= 4 is 16.9 Å². The Labute approximate surface area is 176 Å². The SMILES string of the molecule is Cc1cc(C(=O)N2C[C@@H]3CCC[C@@](O)(c4ccccc4)[C@@H]3C2)c2c(C)nn(C)c2n1. The zero-order valence-corrected chi connectivity index (χ0v) is 17.8. The van der Waals surface area contributed by atoms with Crippen molar-refractivity contribution in [1.82, 2.24) is 19.7 Å². The van der Waals surface area contributed by atoms with Gasteiger partial charge in [0, 0.05) is 31.7 Å². The summed E-state index contributed by atoms with van der Waals surface area (Å²) in [7, 11) is 1.86. The molecule has 5 rings (SSSR count). The molecule has 2 aromatic heterocycles. The molecule has 1 saturated heterocycles. The van der Waals surface area contributed by atoms with Crippen LogP contribution in [0.25, 0.3) is 11.0 Å². The molecule has 0 unspecified atom stereocenters. The molecule has 1 aliphatic carbocycles. The summed E-state index contributed by atoms with van der Waals surface area (Å²) in [5.41, 5.74) is 3.15. The van der Waals surface area contributed by atoms with Gasteiger partial charge in [0.1, 0.15) is 0 Å². The van der Waals surface area contributed by atoms with Crippen molar-refractivity contribution < 1.29 is 9.90 Å². The summed E-state index contributed by atoms with van der Waals surface area (Å²) in [6.07, 6.45) is 2.79. The highest BCUT2D eigenvalue weighted by Crippen LogP contribution is 2.48. The van der Waals surface area contributed by atoms with Crippen molar-refractivity contribution in [2.45, 2.75) is 38.7 Å². The summed E-state index contributed by atoms with van der Waals surface area (Å²) in [6.45, 7) is 5.11. The fraction of sp³-hybridized carbons (Fsp3) is 0.458. The number of hydrogen-bond donors (Lipinski definition) is 1. The van der Waals surface area contributed by atoms with Gasteiger partial charge in [-0.2, -0.15) is 5.10 Å². The Morgan fingerprint density at radius 2 is 1.97 bits per heavy atom. The van der Waals surface area contributed by atoms with Gasteiger partial charge in [0.25, 0.3) is 5.91 Å². The summed E-state index contributed by atoms with van der Waals surface area (Å²) in [4.78, 5) is 20.2. The van der Waals surface area contributed by atoms with Crippen molar-refractivity contribution in [3.05, 3.63) is 58.9 Å². The molecule has 30 heavy (non-hydrogen) atoms. The second-order valence-electron chi connectivity index (χ2n) is 8.98. The first-order valence-corrected chi connectivity index (χ1v) is 10.8. The smallest absolute Gasteiger partial charge is 0.254 e. The molecule has 1 amide bonds. The zero-order valence-electron chi connectivity index (χ0n) is 17.8. The van der Waals surface area contributed by atoms with E-state index in [1.165, 1.54) is 0 Å². The maximum atomic E-state index is 13.6. The predicted octanol–water partition coefficient (Wildman–Crippen LogP) is 3.35. The maximum absolute atomic E-state index is 13.6. The van der Waals surface area contributed by atoms with Gasteiger partial charge in [0.05, 0.1) is 22.2 Å².